The van der Waals surface area contributed by atoms with E-state index in [1.807, 2.05) is 31.2 Å². The van der Waals surface area contributed by atoms with Gasteiger partial charge in [0, 0.05) is 6.54 Å². The summed E-state index contributed by atoms with van der Waals surface area (Å²) >= 11 is 3.43. The highest BCUT2D eigenvalue weighted by molar-refractivity contribution is 9.10. The zero-order valence-electron chi connectivity index (χ0n) is 10.8. The topological polar surface area (TPSA) is 12.0 Å². The Hall–Kier alpha value is -1.05. The maximum atomic E-state index is 13.6. The molecular weight excluding hydrogens is 370 g/mol. The van der Waals surface area contributed by atoms with E-state index < -0.39 is 27.7 Å². The lowest BCUT2D eigenvalue weighted by atomic mass is 10.1. The van der Waals surface area contributed by atoms with Gasteiger partial charge in [0.1, 0.15) is 0 Å². The van der Waals surface area contributed by atoms with Gasteiger partial charge in [-0.2, -0.15) is 0 Å². The molecule has 2 rings (SSSR count). The lowest BCUT2D eigenvalue weighted by Crippen LogP contribution is -2.07. The third-order valence-electron chi connectivity index (χ3n) is 2.87. The van der Waals surface area contributed by atoms with Gasteiger partial charge in [0.15, 0.2) is 23.3 Å². The van der Waals surface area contributed by atoms with Gasteiger partial charge in [0.25, 0.3) is 0 Å². The molecule has 0 saturated carbocycles. The summed E-state index contributed by atoms with van der Waals surface area (Å²) < 4.78 is 55.6. The first-order valence-corrected chi connectivity index (χ1v) is 7.50. The van der Waals surface area contributed by atoms with Crippen molar-refractivity contribution in [2.45, 2.75) is 18.4 Å². The summed E-state index contributed by atoms with van der Waals surface area (Å²) in [4.78, 5) is -0.361. The summed E-state index contributed by atoms with van der Waals surface area (Å²) in [5, 5.41) is 0. The maximum absolute atomic E-state index is 13.6. The van der Waals surface area contributed by atoms with Crippen molar-refractivity contribution in [3.63, 3.8) is 0 Å². The number of aryl methyl sites for hydroxylation is 1. The molecule has 0 aliphatic carbocycles. The molecule has 0 fully saturated rings. The highest BCUT2D eigenvalue weighted by Crippen LogP contribution is 2.34. The first kappa shape index (κ1) is 16.3. The third kappa shape index (κ3) is 3.41. The van der Waals surface area contributed by atoms with Gasteiger partial charge in [-0.05, 0) is 45.9 Å². The first-order chi connectivity index (χ1) is 9.93. The number of hydrogen-bond acceptors (Lipinski definition) is 2. The molecule has 2 aromatic carbocycles. The Morgan fingerprint density at radius 2 is 1.62 bits per heavy atom. The Bertz CT molecular complexity index is 649. The molecule has 0 unspecified atom stereocenters. The van der Waals surface area contributed by atoms with Crippen molar-refractivity contribution in [3.8, 4) is 0 Å². The van der Waals surface area contributed by atoms with Crippen LogP contribution in [-0.2, 0) is 6.54 Å². The van der Waals surface area contributed by atoms with Crippen molar-refractivity contribution >= 4 is 27.9 Å². The van der Waals surface area contributed by atoms with Crippen LogP contribution in [0.5, 0.6) is 0 Å². The zero-order valence-corrected chi connectivity index (χ0v) is 13.2. The molecule has 0 aliphatic rings. The van der Waals surface area contributed by atoms with Crippen LogP contribution >= 0.6 is 27.9 Å². The number of rotatable bonds is 4. The molecule has 0 heterocycles. The van der Waals surface area contributed by atoms with Crippen LogP contribution in [0.25, 0.3) is 0 Å². The molecule has 7 heteroatoms. The average Bonchev–Trinajstić information content (AvgIpc) is 2.48. The molecule has 0 aliphatic heterocycles. The van der Waals surface area contributed by atoms with Gasteiger partial charge in [-0.1, -0.05) is 24.3 Å². The van der Waals surface area contributed by atoms with Crippen LogP contribution in [-0.4, -0.2) is 0 Å². The summed E-state index contributed by atoms with van der Waals surface area (Å²) in [7, 11) is 0. The fourth-order valence-electron chi connectivity index (χ4n) is 1.67. The van der Waals surface area contributed by atoms with Gasteiger partial charge in [0.2, 0.25) is 0 Å². The number of nitrogens with one attached hydrogen (secondary N) is 1. The fraction of sp³-hybridized carbons (Fsp3) is 0.143. The molecule has 0 spiro atoms. The third-order valence-corrected chi connectivity index (χ3v) is 4.75. The zero-order chi connectivity index (χ0) is 15.6. The quantitative estimate of drug-likeness (QED) is 0.342. The van der Waals surface area contributed by atoms with E-state index in [1.165, 1.54) is 0 Å². The van der Waals surface area contributed by atoms with Crippen molar-refractivity contribution in [1.29, 1.82) is 0 Å². The Morgan fingerprint density at radius 1 is 1.00 bits per heavy atom. The molecule has 0 atom stereocenters. The minimum absolute atomic E-state index is 0.361. The Balaban J connectivity index is 2.16. The van der Waals surface area contributed by atoms with Crippen molar-refractivity contribution in [2.24, 2.45) is 0 Å². The summed E-state index contributed by atoms with van der Waals surface area (Å²) in [5.74, 6) is -6.53. The van der Waals surface area contributed by atoms with Crippen molar-refractivity contribution in [2.75, 3.05) is 0 Å². The molecule has 2 aromatic rings. The van der Waals surface area contributed by atoms with Gasteiger partial charge >= 0.3 is 0 Å². The molecule has 0 bridgehead atoms. The van der Waals surface area contributed by atoms with Gasteiger partial charge in [0.05, 0.1) is 9.37 Å². The van der Waals surface area contributed by atoms with E-state index in [2.05, 4.69) is 20.7 Å². The number of hydrogen-bond donors (Lipinski definition) is 1. The predicted octanol–water partition coefficient (Wildman–Crippen LogP) is 5.11. The SMILES string of the molecule is Cc1ccccc1CNSc1c(F)c(F)c(F)c(F)c1Br. The molecule has 0 saturated heterocycles. The molecule has 1 nitrogen and oxygen atoms in total. The molecule has 0 radical (unpaired) electrons. The Morgan fingerprint density at radius 3 is 2.29 bits per heavy atom. The normalized spacial score (nSPS) is 11.0. The maximum Gasteiger partial charge on any atom is 0.198 e. The minimum Gasteiger partial charge on any atom is -0.255 e. The van der Waals surface area contributed by atoms with Crippen LogP contribution in [0.4, 0.5) is 17.6 Å². The smallest absolute Gasteiger partial charge is 0.198 e. The van der Waals surface area contributed by atoms with E-state index in [9.17, 15) is 17.6 Å². The van der Waals surface area contributed by atoms with E-state index in [0.29, 0.717) is 18.5 Å². The standard InChI is InChI=1S/C14H10BrF4NS/c1-7-4-2-3-5-8(7)6-20-21-14-9(15)10(16)11(17)12(18)13(14)19/h2-5,20H,6H2,1H3. The summed E-state index contributed by atoms with van der Waals surface area (Å²) in [6, 6.07) is 7.52. The van der Waals surface area contributed by atoms with Gasteiger partial charge < -0.3 is 0 Å². The van der Waals surface area contributed by atoms with E-state index >= 15 is 0 Å². The highest BCUT2D eigenvalue weighted by atomic mass is 79.9. The molecule has 21 heavy (non-hydrogen) atoms. The van der Waals surface area contributed by atoms with Crippen molar-refractivity contribution < 1.29 is 17.6 Å². The average molecular weight is 380 g/mol. The second-order valence-corrected chi connectivity index (χ2v) is 5.94. The van der Waals surface area contributed by atoms with Gasteiger partial charge in [-0.3, -0.25) is 4.72 Å². The van der Waals surface area contributed by atoms with Crippen LogP contribution in [0.1, 0.15) is 11.1 Å². The van der Waals surface area contributed by atoms with Crippen LogP contribution in [0, 0.1) is 30.2 Å². The lowest BCUT2D eigenvalue weighted by molar-refractivity contribution is 0.395. The Kier molecular flexibility index (Phi) is 5.29. The molecule has 1 N–H and O–H groups in total. The van der Waals surface area contributed by atoms with Crippen LogP contribution in [0.15, 0.2) is 33.6 Å². The second kappa shape index (κ2) is 6.81. The minimum atomic E-state index is -1.83. The van der Waals surface area contributed by atoms with E-state index in [1.54, 1.807) is 0 Å². The molecule has 112 valence electrons. The van der Waals surface area contributed by atoms with Crippen molar-refractivity contribution in [1.82, 2.24) is 4.72 Å². The van der Waals surface area contributed by atoms with Gasteiger partial charge in [-0.15, -0.1) is 0 Å². The largest absolute Gasteiger partial charge is 0.255 e. The van der Waals surface area contributed by atoms with Gasteiger partial charge in [-0.25, -0.2) is 17.6 Å². The van der Waals surface area contributed by atoms with E-state index in [0.717, 1.165) is 11.1 Å². The number of halogens is 5. The van der Waals surface area contributed by atoms with Crippen LogP contribution < -0.4 is 4.72 Å². The monoisotopic (exact) mass is 379 g/mol. The molecule has 0 aromatic heterocycles. The van der Waals surface area contributed by atoms with Crippen LogP contribution in [0.3, 0.4) is 0 Å². The highest BCUT2D eigenvalue weighted by Gasteiger charge is 2.24. The second-order valence-electron chi connectivity index (χ2n) is 4.25. The number of benzene rings is 2. The molecule has 0 amide bonds. The van der Waals surface area contributed by atoms with Crippen molar-refractivity contribution in [3.05, 3.63) is 63.1 Å². The molecular formula is C14H10BrF4NS. The summed E-state index contributed by atoms with van der Waals surface area (Å²) in [6.45, 7) is 2.28. The predicted molar refractivity (Wildman–Crippen MR) is 77.8 cm³/mol. The van der Waals surface area contributed by atoms with Crippen LogP contribution in [0.2, 0.25) is 0 Å². The Labute approximate surface area is 132 Å². The summed E-state index contributed by atoms with van der Waals surface area (Å²) in [6.07, 6.45) is 0. The first-order valence-electron chi connectivity index (χ1n) is 5.89. The lowest BCUT2D eigenvalue weighted by Gasteiger charge is -2.10. The fourth-order valence-corrected chi connectivity index (χ4v) is 2.99. The van der Waals surface area contributed by atoms with E-state index in [4.69, 9.17) is 0 Å². The summed E-state index contributed by atoms with van der Waals surface area (Å²) in [5.41, 5.74) is 1.99. The van der Waals surface area contributed by atoms with E-state index in [-0.39, 0.29) is 4.90 Å².